The van der Waals surface area contributed by atoms with Gasteiger partial charge in [-0.15, -0.1) is 0 Å². The summed E-state index contributed by atoms with van der Waals surface area (Å²) in [6.07, 6.45) is 7.14. The lowest BCUT2D eigenvalue weighted by Gasteiger charge is -2.27. The molecule has 1 aromatic rings. The first-order chi connectivity index (χ1) is 6.90. The Bertz CT molecular complexity index is 297. The van der Waals surface area contributed by atoms with Gasteiger partial charge < -0.3 is 10.0 Å². The molecule has 1 N–H and O–H groups in total. The zero-order chi connectivity index (χ0) is 9.80. The van der Waals surface area contributed by atoms with Crippen molar-refractivity contribution in [2.75, 3.05) is 18.0 Å². The molecule has 0 amide bonds. The summed E-state index contributed by atoms with van der Waals surface area (Å²) in [7, 11) is 0. The standard InChI is InChI=1S/C10H15N3O/c14-8-9-6-11-7-10(12-9)13-4-2-1-3-5-13/h6-7,14H,1-5,8H2. The summed E-state index contributed by atoms with van der Waals surface area (Å²) >= 11 is 0. The monoisotopic (exact) mass is 193 g/mol. The summed E-state index contributed by atoms with van der Waals surface area (Å²) in [6, 6.07) is 0. The maximum absolute atomic E-state index is 8.94. The van der Waals surface area contributed by atoms with E-state index in [0.717, 1.165) is 18.9 Å². The van der Waals surface area contributed by atoms with Gasteiger partial charge >= 0.3 is 0 Å². The molecule has 0 saturated carbocycles. The zero-order valence-electron chi connectivity index (χ0n) is 8.19. The van der Waals surface area contributed by atoms with Crippen LogP contribution in [0.3, 0.4) is 0 Å². The van der Waals surface area contributed by atoms with Crippen molar-refractivity contribution in [2.45, 2.75) is 25.9 Å². The summed E-state index contributed by atoms with van der Waals surface area (Å²) in [6.45, 7) is 2.09. The van der Waals surface area contributed by atoms with E-state index in [9.17, 15) is 0 Å². The summed E-state index contributed by atoms with van der Waals surface area (Å²) < 4.78 is 0. The minimum absolute atomic E-state index is 0.0331. The Kier molecular flexibility index (Phi) is 2.93. The molecule has 76 valence electrons. The molecule has 0 aromatic carbocycles. The fraction of sp³-hybridized carbons (Fsp3) is 0.600. The van der Waals surface area contributed by atoms with Gasteiger partial charge in [-0.25, -0.2) is 4.98 Å². The number of nitrogens with zero attached hydrogens (tertiary/aromatic N) is 3. The van der Waals surface area contributed by atoms with E-state index in [4.69, 9.17) is 5.11 Å². The van der Waals surface area contributed by atoms with Gasteiger partial charge in [0.25, 0.3) is 0 Å². The molecule has 0 bridgehead atoms. The van der Waals surface area contributed by atoms with Crippen molar-refractivity contribution in [1.82, 2.24) is 9.97 Å². The Balaban J connectivity index is 2.13. The van der Waals surface area contributed by atoms with E-state index in [1.54, 1.807) is 12.4 Å². The van der Waals surface area contributed by atoms with Crippen molar-refractivity contribution in [3.63, 3.8) is 0 Å². The van der Waals surface area contributed by atoms with Crippen LogP contribution in [0.5, 0.6) is 0 Å². The van der Waals surface area contributed by atoms with Gasteiger partial charge in [0.15, 0.2) is 0 Å². The number of aromatic nitrogens is 2. The third kappa shape index (κ3) is 2.01. The predicted molar refractivity (Wildman–Crippen MR) is 54.0 cm³/mol. The fourth-order valence-corrected chi connectivity index (χ4v) is 1.75. The summed E-state index contributed by atoms with van der Waals surface area (Å²) in [4.78, 5) is 10.6. The van der Waals surface area contributed by atoms with Crippen LogP contribution < -0.4 is 4.90 Å². The van der Waals surface area contributed by atoms with Crippen LogP contribution in [0.25, 0.3) is 0 Å². The van der Waals surface area contributed by atoms with Crippen molar-refractivity contribution >= 4 is 5.82 Å². The molecule has 0 aliphatic carbocycles. The average molecular weight is 193 g/mol. The van der Waals surface area contributed by atoms with Crippen molar-refractivity contribution in [3.05, 3.63) is 18.1 Å². The van der Waals surface area contributed by atoms with Gasteiger partial charge in [-0.3, -0.25) is 4.98 Å². The van der Waals surface area contributed by atoms with Gasteiger partial charge in [0.1, 0.15) is 5.82 Å². The van der Waals surface area contributed by atoms with Gasteiger partial charge in [0, 0.05) is 13.1 Å². The van der Waals surface area contributed by atoms with Gasteiger partial charge in [0.05, 0.1) is 24.7 Å². The highest BCUT2D eigenvalue weighted by molar-refractivity contribution is 5.36. The Hall–Kier alpha value is -1.16. The lowest BCUT2D eigenvalue weighted by atomic mass is 10.1. The maximum Gasteiger partial charge on any atom is 0.147 e. The Morgan fingerprint density at radius 2 is 2.00 bits per heavy atom. The third-order valence-corrected chi connectivity index (χ3v) is 2.51. The number of piperidine rings is 1. The first kappa shape index (κ1) is 9.40. The van der Waals surface area contributed by atoms with Crippen molar-refractivity contribution in [3.8, 4) is 0 Å². The minimum atomic E-state index is -0.0331. The molecule has 0 radical (unpaired) electrons. The average Bonchev–Trinajstić information content (AvgIpc) is 2.30. The highest BCUT2D eigenvalue weighted by Gasteiger charge is 2.12. The second-order valence-electron chi connectivity index (χ2n) is 3.57. The second kappa shape index (κ2) is 4.37. The maximum atomic E-state index is 8.94. The molecule has 0 spiro atoms. The van der Waals surface area contributed by atoms with Crippen LogP contribution in [0.2, 0.25) is 0 Å². The minimum Gasteiger partial charge on any atom is -0.390 e. The van der Waals surface area contributed by atoms with Crippen LogP contribution in [-0.2, 0) is 6.61 Å². The first-order valence-corrected chi connectivity index (χ1v) is 5.07. The number of aliphatic hydroxyl groups is 1. The molecule has 0 unspecified atom stereocenters. The number of anilines is 1. The molecule has 2 rings (SSSR count). The Labute approximate surface area is 83.6 Å². The summed E-state index contributed by atoms with van der Waals surface area (Å²) in [5, 5.41) is 8.94. The molecule has 1 fully saturated rings. The fourth-order valence-electron chi connectivity index (χ4n) is 1.75. The van der Waals surface area contributed by atoms with Crippen LogP contribution in [-0.4, -0.2) is 28.2 Å². The molecule has 0 atom stereocenters. The normalized spacial score (nSPS) is 17.1. The van der Waals surface area contributed by atoms with E-state index < -0.39 is 0 Å². The highest BCUT2D eigenvalue weighted by atomic mass is 16.3. The highest BCUT2D eigenvalue weighted by Crippen LogP contribution is 2.16. The largest absolute Gasteiger partial charge is 0.390 e. The Morgan fingerprint density at radius 3 is 2.71 bits per heavy atom. The third-order valence-electron chi connectivity index (χ3n) is 2.51. The molecule has 14 heavy (non-hydrogen) atoms. The molecular weight excluding hydrogens is 178 g/mol. The first-order valence-electron chi connectivity index (χ1n) is 5.07. The van der Waals surface area contributed by atoms with Gasteiger partial charge in [-0.1, -0.05) is 0 Å². The SMILES string of the molecule is OCc1cncc(N2CCCCC2)n1. The van der Waals surface area contributed by atoms with Gasteiger partial charge in [-0.2, -0.15) is 0 Å². The molecule has 4 nitrogen and oxygen atoms in total. The topological polar surface area (TPSA) is 49.3 Å². The molecule has 2 heterocycles. The van der Waals surface area contributed by atoms with E-state index in [2.05, 4.69) is 14.9 Å². The van der Waals surface area contributed by atoms with E-state index in [1.807, 2.05) is 0 Å². The quantitative estimate of drug-likeness (QED) is 0.760. The van der Waals surface area contributed by atoms with Crippen LogP contribution in [0, 0.1) is 0 Å². The molecule has 1 aliphatic rings. The summed E-state index contributed by atoms with van der Waals surface area (Å²) in [5.74, 6) is 0.899. The van der Waals surface area contributed by atoms with E-state index in [-0.39, 0.29) is 6.61 Å². The lowest BCUT2D eigenvalue weighted by molar-refractivity contribution is 0.276. The van der Waals surface area contributed by atoms with Crippen molar-refractivity contribution < 1.29 is 5.11 Å². The number of hydrogen-bond acceptors (Lipinski definition) is 4. The van der Waals surface area contributed by atoms with Crippen LogP contribution in [0.4, 0.5) is 5.82 Å². The molecular formula is C10H15N3O. The van der Waals surface area contributed by atoms with Gasteiger partial charge in [0.2, 0.25) is 0 Å². The van der Waals surface area contributed by atoms with E-state index in [1.165, 1.54) is 19.3 Å². The van der Waals surface area contributed by atoms with Crippen LogP contribution in [0.15, 0.2) is 12.4 Å². The molecule has 1 aromatic heterocycles. The zero-order valence-corrected chi connectivity index (χ0v) is 8.19. The molecule has 1 aliphatic heterocycles. The van der Waals surface area contributed by atoms with Crippen LogP contribution in [0.1, 0.15) is 25.0 Å². The smallest absolute Gasteiger partial charge is 0.147 e. The van der Waals surface area contributed by atoms with Crippen molar-refractivity contribution in [2.24, 2.45) is 0 Å². The Morgan fingerprint density at radius 1 is 1.21 bits per heavy atom. The van der Waals surface area contributed by atoms with Gasteiger partial charge in [-0.05, 0) is 19.3 Å². The number of aliphatic hydroxyl groups excluding tert-OH is 1. The van der Waals surface area contributed by atoms with Crippen LogP contribution >= 0.6 is 0 Å². The second-order valence-corrected chi connectivity index (χ2v) is 3.57. The lowest BCUT2D eigenvalue weighted by Crippen LogP contribution is -2.30. The number of hydrogen-bond donors (Lipinski definition) is 1. The van der Waals surface area contributed by atoms with E-state index in [0.29, 0.717) is 5.69 Å². The van der Waals surface area contributed by atoms with Crippen molar-refractivity contribution in [1.29, 1.82) is 0 Å². The molecule has 4 heteroatoms. The number of rotatable bonds is 2. The summed E-state index contributed by atoms with van der Waals surface area (Å²) in [5.41, 5.74) is 0.646. The molecule has 1 saturated heterocycles. The van der Waals surface area contributed by atoms with E-state index >= 15 is 0 Å². The predicted octanol–water partition coefficient (Wildman–Crippen LogP) is 0.959.